The predicted molar refractivity (Wildman–Crippen MR) is 112 cm³/mol. The summed E-state index contributed by atoms with van der Waals surface area (Å²) in [6.07, 6.45) is 0. The first-order valence-corrected chi connectivity index (χ1v) is 11.2. The quantitative estimate of drug-likeness (QED) is 0.706. The topological polar surface area (TPSA) is 83.0 Å². The lowest BCUT2D eigenvalue weighted by Crippen LogP contribution is -2.43. The number of rotatable bonds is 6. The summed E-state index contributed by atoms with van der Waals surface area (Å²) in [6, 6.07) is 3.23. The minimum absolute atomic E-state index is 0.158. The molecule has 0 bridgehead atoms. The van der Waals surface area contributed by atoms with E-state index in [1.807, 2.05) is 24.4 Å². The van der Waals surface area contributed by atoms with Gasteiger partial charge in [0.15, 0.2) is 5.76 Å². The molecule has 0 saturated carbocycles. The molecule has 2 aliphatic heterocycles. The Hall–Kier alpha value is -2.07. The van der Waals surface area contributed by atoms with Gasteiger partial charge in [-0.1, -0.05) is 6.07 Å². The van der Waals surface area contributed by atoms with Gasteiger partial charge >= 0.3 is 0 Å². The molecule has 9 heteroatoms. The molecule has 1 atom stereocenters. The smallest absolute Gasteiger partial charge is 0.290 e. The SMILES string of the molecule is Cc1nc(C)c(C(=O)C2=C(O)C(=O)N(CCN3CCOCC3)[C@@H]2c2cccs2)s1. The van der Waals surface area contributed by atoms with Crippen LogP contribution in [-0.4, -0.2) is 71.0 Å². The maximum Gasteiger partial charge on any atom is 0.290 e. The van der Waals surface area contributed by atoms with Gasteiger partial charge in [0.25, 0.3) is 5.91 Å². The van der Waals surface area contributed by atoms with Gasteiger partial charge in [-0.15, -0.1) is 22.7 Å². The van der Waals surface area contributed by atoms with E-state index in [0.717, 1.165) is 23.0 Å². The van der Waals surface area contributed by atoms with Gasteiger partial charge in [-0.3, -0.25) is 14.5 Å². The first-order chi connectivity index (χ1) is 14.0. The Kier molecular flexibility index (Phi) is 5.82. The van der Waals surface area contributed by atoms with Crippen molar-refractivity contribution in [1.82, 2.24) is 14.8 Å². The summed E-state index contributed by atoms with van der Waals surface area (Å²) >= 11 is 2.77. The molecule has 1 N–H and O–H groups in total. The van der Waals surface area contributed by atoms with Crippen molar-refractivity contribution in [1.29, 1.82) is 0 Å². The third-order valence-electron chi connectivity index (χ3n) is 5.23. The van der Waals surface area contributed by atoms with Crippen LogP contribution in [0.3, 0.4) is 0 Å². The second kappa shape index (κ2) is 8.35. The van der Waals surface area contributed by atoms with Gasteiger partial charge in [-0.25, -0.2) is 4.98 Å². The van der Waals surface area contributed by atoms with E-state index in [-0.39, 0.29) is 11.4 Å². The maximum atomic E-state index is 13.3. The number of ketones is 1. The molecule has 29 heavy (non-hydrogen) atoms. The highest BCUT2D eigenvalue weighted by molar-refractivity contribution is 7.14. The van der Waals surface area contributed by atoms with Gasteiger partial charge < -0.3 is 14.7 Å². The van der Waals surface area contributed by atoms with Crippen molar-refractivity contribution in [3.8, 4) is 0 Å². The lowest BCUT2D eigenvalue weighted by atomic mass is 10.0. The summed E-state index contributed by atoms with van der Waals surface area (Å²) in [7, 11) is 0. The van der Waals surface area contributed by atoms with Crippen molar-refractivity contribution in [3.63, 3.8) is 0 Å². The van der Waals surface area contributed by atoms with E-state index in [9.17, 15) is 14.7 Å². The van der Waals surface area contributed by atoms with Crippen molar-refractivity contribution >= 4 is 34.4 Å². The number of thiazole rings is 1. The van der Waals surface area contributed by atoms with Crippen molar-refractivity contribution < 1.29 is 19.4 Å². The second-order valence-electron chi connectivity index (χ2n) is 7.11. The lowest BCUT2D eigenvalue weighted by Gasteiger charge is -2.31. The molecule has 2 aromatic heterocycles. The number of nitrogens with zero attached hydrogens (tertiary/aromatic N) is 3. The largest absolute Gasteiger partial charge is 0.503 e. The average molecular weight is 434 g/mol. The van der Waals surface area contributed by atoms with E-state index < -0.39 is 17.7 Å². The molecule has 1 saturated heterocycles. The standard InChI is InChI=1S/C20H23N3O4S2/c1-12-19(29-13(2)21-12)17(24)15-16(14-4-3-11-28-14)23(20(26)18(15)25)6-5-22-7-9-27-10-8-22/h3-4,11,16,25H,5-10H2,1-2H3/t16-/m1/s1. The van der Waals surface area contributed by atoms with Gasteiger partial charge in [0.1, 0.15) is 0 Å². The number of aromatic nitrogens is 1. The molecule has 4 rings (SSSR count). The molecule has 0 aliphatic carbocycles. The Morgan fingerprint density at radius 3 is 2.69 bits per heavy atom. The van der Waals surface area contributed by atoms with Gasteiger partial charge in [0.2, 0.25) is 5.78 Å². The summed E-state index contributed by atoms with van der Waals surface area (Å²) in [5.41, 5.74) is 0.785. The van der Waals surface area contributed by atoms with Crippen molar-refractivity contribution in [2.75, 3.05) is 39.4 Å². The number of Topliss-reactive ketones (excluding diaryl/α,β-unsaturated/α-hetero) is 1. The minimum atomic E-state index is -0.571. The summed E-state index contributed by atoms with van der Waals surface area (Å²) in [5.74, 6) is -1.24. The van der Waals surface area contributed by atoms with E-state index in [0.29, 0.717) is 36.9 Å². The highest BCUT2D eigenvalue weighted by Crippen LogP contribution is 2.41. The summed E-state index contributed by atoms with van der Waals surface area (Å²) in [6.45, 7) is 7.72. The molecule has 4 heterocycles. The predicted octanol–water partition coefficient (Wildman–Crippen LogP) is 2.73. The fraction of sp³-hybridized carbons (Fsp3) is 0.450. The number of carbonyl (C=O) groups excluding carboxylic acids is 2. The Balaban J connectivity index is 1.65. The maximum absolute atomic E-state index is 13.3. The number of hydrogen-bond donors (Lipinski definition) is 1. The minimum Gasteiger partial charge on any atom is -0.503 e. The molecule has 1 fully saturated rings. The van der Waals surface area contributed by atoms with E-state index >= 15 is 0 Å². The molecule has 0 unspecified atom stereocenters. The molecule has 2 aromatic rings. The van der Waals surface area contributed by atoms with Crippen molar-refractivity contribution in [3.05, 3.63) is 49.3 Å². The van der Waals surface area contributed by atoms with Gasteiger partial charge in [-0.05, 0) is 25.3 Å². The number of morpholine rings is 1. The van der Waals surface area contributed by atoms with Gasteiger partial charge in [0.05, 0.1) is 40.4 Å². The first-order valence-electron chi connectivity index (χ1n) is 9.53. The third-order valence-corrected chi connectivity index (χ3v) is 7.23. The first kappa shape index (κ1) is 20.2. The number of ether oxygens (including phenoxy) is 1. The lowest BCUT2D eigenvalue weighted by molar-refractivity contribution is -0.129. The van der Waals surface area contributed by atoms with E-state index in [1.165, 1.54) is 22.7 Å². The Bertz CT molecular complexity index is 945. The van der Waals surface area contributed by atoms with E-state index in [1.54, 1.807) is 11.8 Å². The molecule has 1 amide bonds. The van der Waals surface area contributed by atoms with Crippen LogP contribution >= 0.6 is 22.7 Å². The molecular formula is C20H23N3O4S2. The van der Waals surface area contributed by atoms with Crippen LogP contribution in [0.4, 0.5) is 0 Å². The van der Waals surface area contributed by atoms with Crippen LogP contribution in [-0.2, 0) is 9.53 Å². The van der Waals surface area contributed by atoms with Crippen LogP contribution < -0.4 is 0 Å². The third kappa shape index (κ3) is 3.87. The number of thiophene rings is 1. The zero-order valence-electron chi connectivity index (χ0n) is 16.4. The Morgan fingerprint density at radius 1 is 1.31 bits per heavy atom. The monoisotopic (exact) mass is 433 g/mol. The number of hydrogen-bond acceptors (Lipinski definition) is 8. The van der Waals surface area contributed by atoms with Gasteiger partial charge in [-0.2, -0.15) is 0 Å². The Labute approximate surface area is 177 Å². The van der Waals surface area contributed by atoms with E-state index in [2.05, 4.69) is 9.88 Å². The van der Waals surface area contributed by atoms with Crippen LogP contribution in [0.15, 0.2) is 28.8 Å². The highest BCUT2D eigenvalue weighted by atomic mass is 32.1. The van der Waals surface area contributed by atoms with Crippen LogP contribution in [0, 0.1) is 13.8 Å². The molecule has 154 valence electrons. The molecule has 0 spiro atoms. The van der Waals surface area contributed by atoms with Gasteiger partial charge in [0, 0.05) is 31.1 Å². The number of aryl methyl sites for hydroxylation is 2. The Morgan fingerprint density at radius 2 is 2.07 bits per heavy atom. The zero-order chi connectivity index (χ0) is 20.5. The fourth-order valence-corrected chi connectivity index (χ4v) is 5.52. The van der Waals surface area contributed by atoms with Crippen LogP contribution in [0.2, 0.25) is 0 Å². The van der Waals surface area contributed by atoms with Crippen LogP contribution in [0.25, 0.3) is 0 Å². The molecule has 0 radical (unpaired) electrons. The molecular weight excluding hydrogens is 410 g/mol. The fourth-order valence-electron chi connectivity index (χ4n) is 3.80. The highest BCUT2D eigenvalue weighted by Gasteiger charge is 2.44. The van der Waals surface area contributed by atoms with E-state index in [4.69, 9.17) is 4.74 Å². The molecule has 0 aromatic carbocycles. The van der Waals surface area contributed by atoms with Crippen molar-refractivity contribution in [2.45, 2.75) is 19.9 Å². The number of aliphatic hydroxyl groups excluding tert-OH is 1. The summed E-state index contributed by atoms with van der Waals surface area (Å²) in [5, 5.41) is 13.4. The van der Waals surface area contributed by atoms with Crippen molar-refractivity contribution in [2.24, 2.45) is 0 Å². The number of carbonyl (C=O) groups is 2. The number of aliphatic hydroxyl groups is 1. The average Bonchev–Trinajstić information content (AvgIpc) is 3.41. The van der Waals surface area contributed by atoms with Crippen LogP contribution in [0.1, 0.15) is 31.3 Å². The molecule has 2 aliphatic rings. The number of amides is 1. The summed E-state index contributed by atoms with van der Waals surface area (Å²) in [4.78, 5) is 35.8. The van der Waals surface area contributed by atoms with Crippen LogP contribution in [0.5, 0.6) is 0 Å². The second-order valence-corrected chi connectivity index (χ2v) is 9.29. The summed E-state index contributed by atoms with van der Waals surface area (Å²) < 4.78 is 5.38. The normalized spacial score (nSPS) is 20.7. The zero-order valence-corrected chi connectivity index (χ0v) is 18.0. The molecule has 7 nitrogen and oxygen atoms in total.